The van der Waals surface area contributed by atoms with Crippen molar-refractivity contribution in [2.24, 2.45) is 0 Å². The summed E-state index contributed by atoms with van der Waals surface area (Å²) in [4.78, 5) is 16.2. The molecule has 9 heteroatoms. The van der Waals surface area contributed by atoms with Crippen LogP contribution in [-0.2, 0) is 16.6 Å². The number of carbonyl (C=O) groups is 1. The quantitative estimate of drug-likeness (QED) is 0.350. The number of carbonyl (C=O) groups excluding carboxylic acids is 1. The van der Waals surface area contributed by atoms with Gasteiger partial charge in [0.15, 0.2) is 0 Å². The smallest absolute Gasteiger partial charge is 0.319 e. The lowest BCUT2D eigenvalue weighted by molar-refractivity contribution is 0.251. The SMILES string of the molecule is N#Cc1cccc(-c2ccccc2S(=O)(=O)Nc2ccc(NC(=O)NCc3cccnc3)cc2)c1. The number of nitriles is 1. The van der Waals surface area contributed by atoms with Gasteiger partial charge in [0.25, 0.3) is 10.0 Å². The fourth-order valence-electron chi connectivity index (χ4n) is 3.39. The molecule has 0 saturated heterocycles. The third-order valence-electron chi connectivity index (χ3n) is 5.05. The highest BCUT2D eigenvalue weighted by molar-refractivity contribution is 7.92. The summed E-state index contributed by atoms with van der Waals surface area (Å²) in [7, 11) is -3.93. The predicted molar refractivity (Wildman–Crippen MR) is 134 cm³/mol. The molecule has 2 amide bonds. The van der Waals surface area contributed by atoms with Gasteiger partial charge in [-0.05, 0) is 59.7 Å². The minimum absolute atomic E-state index is 0.0899. The van der Waals surface area contributed by atoms with Crippen LogP contribution in [0.5, 0.6) is 0 Å². The van der Waals surface area contributed by atoms with E-state index < -0.39 is 16.1 Å². The van der Waals surface area contributed by atoms with Crippen molar-refractivity contribution in [3.05, 3.63) is 108 Å². The number of urea groups is 1. The summed E-state index contributed by atoms with van der Waals surface area (Å²) in [6.45, 7) is 0.328. The van der Waals surface area contributed by atoms with E-state index in [0.717, 1.165) is 5.56 Å². The van der Waals surface area contributed by atoms with Crippen LogP contribution >= 0.6 is 0 Å². The van der Waals surface area contributed by atoms with Gasteiger partial charge < -0.3 is 10.6 Å². The van der Waals surface area contributed by atoms with Crippen LogP contribution in [0.1, 0.15) is 11.1 Å². The zero-order valence-corrected chi connectivity index (χ0v) is 19.3. The molecule has 3 N–H and O–H groups in total. The van der Waals surface area contributed by atoms with Gasteiger partial charge in [-0.25, -0.2) is 13.2 Å². The summed E-state index contributed by atoms with van der Waals surface area (Å²) in [5, 5.41) is 14.6. The van der Waals surface area contributed by atoms with Crippen LogP contribution < -0.4 is 15.4 Å². The van der Waals surface area contributed by atoms with Crippen molar-refractivity contribution in [3.63, 3.8) is 0 Å². The number of nitrogens with one attached hydrogen (secondary N) is 3. The van der Waals surface area contributed by atoms with Gasteiger partial charge in [-0.3, -0.25) is 9.71 Å². The van der Waals surface area contributed by atoms with Crippen LogP contribution in [-0.4, -0.2) is 19.4 Å². The van der Waals surface area contributed by atoms with Gasteiger partial charge >= 0.3 is 6.03 Å². The topological polar surface area (TPSA) is 124 Å². The highest BCUT2D eigenvalue weighted by Gasteiger charge is 2.19. The van der Waals surface area contributed by atoms with E-state index in [1.54, 1.807) is 85.2 Å². The summed E-state index contributed by atoms with van der Waals surface area (Å²) in [5.74, 6) is 0. The molecule has 0 saturated carbocycles. The van der Waals surface area contributed by atoms with Crippen molar-refractivity contribution in [3.8, 4) is 17.2 Å². The number of nitrogens with zero attached hydrogens (tertiary/aromatic N) is 2. The number of pyridine rings is 1. The van der Waals surface area contributed by atoms with E-state index in [0.29, 0.717) is 34.6 Å². The van der Waals surface area contributed by atoms with Crippen molar-refractivity contribution in [2.45, 2.75) is 11.4 Å². The van der Waals surface area contributed by atoms with Crippen LogP contribution in [0, 0.1) is 11.3 Å². The maximum atomic E-state index is 13.2. The normalized spacial score (nSPS) is 10.7. The van der Waals surface area contributed by atoms with E-state index in [9.17, 15) is 18.5 Å². The third-order valence-corrected chi connectivity index (χ3v) is 6.49. The van der Waals surface area contributed by atoms with Gasteiger partial charge in [-0.2, -0.15) is 5.26 Å². The Morgan fingerprint density at radius 1 is 0.914 bits per heavy atom. The van der Waals surface area contributed by atoms with Crippen LogP contribution in [0.4, 0.5) is 16.2 Å². The van der Waals surface area contributed by atoms with E-state index in [4.69, 9.17) is 0 Å². The largest absolute Gasteiger partial charge is 0.334 e. The van der Waals surface area contributed by atoms with E-state index >= 15 is 0 Å². The van der Waals surface area contributed by atoms with Crippen LogP contribution in [0.2, 0.25) is 0 Å². The molecule has 3 aromatic carbocycles. The second kappa shape index (κ2) is 10.5. The first-order valence-corrected chi connectivity index (χ1v) is 12.1. The number of aromatic nitrogens is 1. The average Bonchev–Trinajstić information content (AvgIpc) is 2.89. The van der Waals surface area contributed by atoms with E-state index in [-0.39, 0.29) is 4.90 Å². The zero-order valence-electron chi connectivity index (χ0n) is 18.5. The van der Waals surface area contributed by atoms with E-state index in [2.05, 4.69) is 26.4 Å². The first kappa shape index (κ1) is 23.5. The average molecular weight is 484 g/mol. The molecule has 4 aromatic rings. The molecular formula is C26H21N5O3S. The summed E-state index contributed by atoms with van der Waals surface area (Å²) in [6.07, 6.45) is 3.32. The summed E-state index contributed by atoms with van der Waals surface area (Å²) in [5.41, 5.74) is 3.27. The van der Waals surface area contributed by atoms with Crippen molar-refractivity contribution >= 4 is 27.4 Å². The molecule has 0 aliphatic carbocycles. The summed E-state index contributed by atoms with van der Waals surface area (Å²) < 4.78 is 28.9. The van der Waals surface area contributed by atoms with E-state index in [1.807, 2.05) is 6.07 Å². The molecule has 8 nitrogen and oxygen atoms in total. The number of rotatable bonds is 7. The molecule has 0 fully saturated rings. The molecular weight excluding hydrogens is 462 g/mol. The van der Waals surface area contributed by atoms with Gasteiger partial charge in [0.1, 0.15) is 0 Å². The van der Waals surface area contributed by atoms with Crippen LogP contribution in [0.3, 0.4) is 0 Å². The monoisotopic (exact) mass is 483 g/mol. The molecule has 1 heterocycles. The minimum atomic E-state index is -3.93. The fraction of sp³-hybridized carbons (Fsp3) is 0.0385. The Kier molecular flexibility index (Phi) is 7.04. The summed E-state index contributed by atoms with van der Waals surface area (Å²) >= 11 is 0. The number of hydrogen-bond donors (Lipinski definition) is 3. The highest BCUT2D eigenvalue weighted by atomic mass is 32.2. The van der Waals surface area contributed by atoms with Gasteiger partial charge in [0.05, 0.1) is 16.5 Å². The molecule has 1 aromatic heterocycles. The molecule has 0 unspecified atom stereocenters. The number of hydrogen-bond acceptors (Lipinski definition) is 5. The van der Waals surface area contributed by atoms with Crippen molar-refractivity contribution < 1.29 is 13.2 Å². The maximum Gasteiger partial charge on any atom is 0.319 e. The Labute approximate surface area is 203 Å². The lowest BCUT2D eigenvalue weighted by Gasteiger charge is -2.13. The van der Waals surface area contributed by atoms with Crippen LogP contribution in [0.15, 0.2) is 102 Å². The first-order chi connectivity index (χ1) is 16.9. The Balaban J connectivity index is 1.45. The number of anilines is 2. The van der Waals surface area contributed by atoms with Gasteiger partial charge in [0, 0.05) is 35.9 Å². The third kappa shape index (κ3) is 6.01. The Bertz CT molecular complexity index is 1480. The fourth-order valence-corrected chi connectivity index (χ4v) is 4.68. The van der Waals surface area contributed by atoms with Gasteiger partial charge in [0.2, 0.25) is 0 Å². The van der Waals surface area contributed by atoms with Crippen molar-refractivity contribution in [1.82, 2.24) is 10.3 Å². The maximum absolute atomic E-state index is 13.2. The minimum Gasteiger partial charge on any atom is -0.334 e. The van der Waals surface area contributed by atoms with Crippen molar-refractivity contribution in [2.75, 3.05) is 10.0 Å². The van der Waals surface area contributed by atoms with Crippen LogP contribution in [0.25, 0.3) is 11.1 Å². The number of sulfonamides is 1. The number of benzene rings is 3. The molecule has 0 aliphatic rings. The molecule has 0 radical (unpaired) electrons. The first-order valence-electron chi connectivity index (χ1n) is 10.6. The Morgan fingerprint density at radius 3 is 2.43 bits per heavy atom. The number of amides is 2. The van der Waals surface area contributed by atoms with Crippen molar-refractivity contribution in [1.29, 1.82) is 5.26 Å². The molecule has 0 atom stereocenters. The molecule has 35 heavy (non-hydrogen) atoms. The molecule has 0 spiro atoms. The second-order valence-electron chi connectivity index (χ2n) is 7.54. The van der Waals surface area contributed by atoms with Gasteiger partial charge in [-0.1, -0.05) is 36.4 Å². The predicted octanol–water partition coefficient (Wildman–Crippen LogP) is 4.74. The van der Waals surface area contributed by atoms with E-state index in [1.165, 1.54) is 6.07 Å². The zero-order chi connectivity index (χ0) is 24.7. The lowest BCUT2D eigenvalue weighted by Crippen LogP contribution is -2.28. The molecule has 174 valence electrons. The molecule has 0 aliphatic heterocycles. The summed E-state index contributed by atoms with van der Waals surface area (Å²) in [6, 6.07) is 25.0. The lowest BCUT2D eigenvalue weighted by atomic mass is 10.0. The Morgan fingerprint density at radius 2 is 1.69 bits per heavy atom. The highest BCUT2D eigenvalue weighted by Crippen LogP contribution is 2.29. The van der Waals surface area contributed by atoms with Gasteiger partial charge in [-0.15, -0.1) is 0 Å². The Hall–Kier alpha value is -4.68. The second-order valence-corrected chi connectivity index (χ2v) is 9.19. The molecule has 4 rings (SSSR count). The standard InChI is InChI=1S/C26H21N5O3S/c27-16-19-5-3-7-21(15-19)24-8-1-2-9-25(24)35(33,34)31-23-12-10-22(11-13-23)30-26(32)29-18-20-6-4-14-28-17-20/h1-15,17,31H,18H2,(H2,29,30,32). The molecule has 0 bridgehead atoms.